The summed E-state index contributed by atoms with van der Waals surface area (Å²) in [4.78, 5) is 4.76. The normalized spacial score (nSPS) is 12.3. The van der Waals surface area contributed by atoms with E-state index in [1.54, 1.807) is 0 Å². The van der Waals surface area contributed by atoms with E-state index in [4.69, 9.17) is 25.7 Å². The molecule has 31 heavy (non-hydrogen) atoms. The molecule has 0 rings (SSSR count). The molecule has 0 bridgehead atoms. The molecule has 0 fully saturated rings. The first kappa shape index (κ1) is 30.2. The van der Waals surface area contributed by atoms with Gasteiger partial charge in [-0.15, -0.1) is 0 Å². The lowest BCUT2D eigenvalue weighted by Gasteiger charge is -2.20. The van der Waals surface area contributed by atoms with Crippen molar-refractivity contribution in [3.05, 3.63) is 24.3 Å². The van der Waals surface area contributed by atoms with Crippen LogP contribution in [0.15, 0.2) is 24.3 Å². The molecule has 0 radical (unpaired) electrons. The predicted molar refractivity (Wildman–Crippen MR) is 132 cm³/mol. The fourth-order valence-corrected chi connectivity index (χ4v) is 2.93. The van der Waals surface area contributed by atoms with Gasteiger partial charge < -0.3 is 25.7 Å². The van der Waals surface area contributed by atoms with Crippen LogP contribution in [0.1, 0.15) is 39.5 Å². The van der Waals surface area contributed by atoms with E-state index < -0.39 is 0 Å². The maximum absolute atomic E-state index is 5.71. The van der Waals surface area contributed by atoms with Crippen LogP contribution in [0.25, 0.3) is 0 Å². The highest BCUT2D eigenvalue weighted by Crippen LogP contribution is 1.95. The van der Waals surface area contributed by atoms with Gasteiger partial charge in [-0.25, -0.2) is 0 Å². The molecule has 0 saturated carbocycles. The number of hydrogen-bond donors (Lipinski definition) is 2. The van der Waals surface area contributed by atoms with Gasteiger partial charge in [0.2, 0.25) is 0 Å². The van der Waals surface area contributed by atoms with Crippen LogP contribution in [-0.2, 0) is 14.2 Å². The molecule has 0 amide bonds. The standard InChI is InChI=1S/C24H50N4O3/c1-3-5-7-13-27(15-9-11-25)17-19-29-21-23-31-24-22-30-20-18-28(16-10-12-26)14-8-6-4-2/h5-8H,3-4,9-26H2,1-2H3/b7-5-,8-6-. The zero-order valence-electron chi connectivity index (χ0n) is 20.3. The van der Waals surface area contributed by atoms with Gasteiger partial charge in [0.25, 0.3) is 0 Å². The van der Waals surface area contributed by atoms with Crippen LogP contribution in [0.3, 0.4) is 0 Å². The van der Waals surface area contributed by atoms with Crippen molar-refractivity contribution in [1.29, 1.82) is 0 Å². The van der Waals surface area contributed by atoms with Crippen LogP contribution >= 0.6 is 0 Å². The first-order chi connectivity index (χ1) is 15.3. The number of hydrogen-bond acceptors (Lipinski definition) is 7. The molecule has 0 aromatic rings. The minimum absolute atomic E-state index is 0.604. The molecular weight excluding hydrogens is 392 g/mol. The highest BCUT2D eigenvalue weighted by Gasteiger charge is 2.03. The molecule has 0 heterocycles. The van der Waals surface area contributed by atoms with E-state index in [-0.39, 0.29) is 0 Å². The van der Waals surface area contributed by atoms with Gasteiger partial charge in [0.15, 0.2) is 0 Å². The molecule has 7 heteroatoms. The smallest absolute Gasteiger partial charge is 0.0701 e. The quantitative estimate of drug-likeness (QED) is 0.175. The summed E-state index contributed by atoms with van der Waals surface area (Å²) < 4.78 is 17.0. The van der Waals surface area contributed by atoms with Gasteiger partial charge in [-0.05, 0) is 51.9 Å². The second kappa shape index (κ2) is 25.5. The van der Waals surface area contributed by atoms with Crippen LogP contribution in [0.5, 0.6) is 0 Å². The summed E-state index contributed by atoms with van der Waals surface area (Å²) in [6.45, 7) is 15.4. The van der Waals surface area contributed by atoms with E-state index in [1.165, 1.54) is 0 Å². The topological polar surface area (TPSA) is 86.2 Å². The third kappa shape index (κ3) is 22.2. The minimum atomic E-state index is 0.604. The summed E-state index contributed by atoms with van der Waals surface area (Å²) >= 11 is 0. The van der Waals surface area contributed by atoms with Gasteiger partial charge in [-0.3, -0.25) is 9.80 Å². The van der Waals surface area contributed by atoms with Crippen LogP contribution in [-0.4, -0.2) is 102 Å². The monoisotopic (exact) mass is 442 g/mol. The van der Waals surface area contributed by atoms with Crippen molar-refractivity contribution in [1.82, 2.24) is 9.80 Å². The third-order valence-corrected chi connectivity index (χ3v) is 4.74. The Balaban J connectivity index is 3.65. The van der Waals surface area contributed by atoms with Gasteiger partial charge in [-0.1, -0.05) is 38.2 Å². The van der Waals surface area contributed by atoms with E-state index >= 15 is 0 Å². The molecule has 184 valence electrons. The van der Waals surface area contributed by atoms with Gasteiger partial charge in [0.05, 0.1) is 39.6 Å². The van der Waals surface area contributed by atoms with Gasteiger partial charge in [0.1, 0.15) is 0 Å². The molecule has 0 atom stereocenters. The maximum atomic E-state index is 5.71. The number of allylic oxidation sites excluding steroid dienone is 2. The summed E-state index contributed by atoms with van der Waals surface area (Å²) in [5, 5.41) is 0. The van der Waals surface area contributed by atoms with Crippen LogP contribution in [0.2, 0.25) is 0 Å². The highest BCUT2D eigenvalue weighted by molar-refractivity contribution is 4.84. The number of ether oxygens (including phenoxy) is 3. The zero-order chi connectivity index (χ0) is 22.8. The highest BCUT2D eigenvalue weighted by atomic mass is 16.5. The summed E-state index contributed by atoms with van der Waals surface area (Å²) in [6.07, 6.45) is 13.0. The molecule has 0 aliphatic heterocycles. The first-order valence-electron chi connectivity index (χ1n) is 12.2. The molecule has 0 aromatic carbocycles. The number of nitrogens with two attached hydrogens (primary N) is 2. The Morgan fingerprint density at radius 3 is 1.29 bits per heavy atom. The van der Waals surface area contributed by atoms with E-state index in [2.05, 4.69) is 48.0 Å². The SMILES string of the molecule is CC/C=C\CN(CCCN)CCOCCOCCOCCN(C/C=C\CC)CCCN. The molecule has 0 aliphatic carbocycles. The largest absolute Gasteiger partial charge is 0.378 e. The number of nitrogens with zero attached hydrogens (tertiary/aromatic N) is 2. The first-order valence-corrected chi connectivity index (χ1v) is 12.2. The summed E-state index contributed by atoms with van der Waals surface area (Å²) in [6, 6.07) is 0. The van der Waals surface area contributed by atoms with Crippen molar-refractivity contribution in [2.75, 3.05) is 92.0 Å². The summed E-state index contributed by atoms with van der Waals surface area (Å²) in [5.74, 6) is 0. The molecule has 0 saturated heterocycles. The second-order valence-electron chi connectivity index (χ2n) is 7.48. The van der Waals surface area contributed by atoms with Crippen LogP contribution in [0.4, 0.5) is 0 Å². The summed E-state index contributed by atoms with van der Waals surface area (Å²) in [7, 11) is 0. The molecule has 0 aliphatic rings. The Kier molecular flexibility index (Phi) is 24.8. The molecule has 0 spiro atoms. The van der Waals surface area contributed by atoms with E-state index in [0.29, 0.717) is 26.4 Å². The average Bonchev–Trinajstić information content (AvgIpc) is 2.78. The Hall–Kier alpha value is -0.800. The lowest BCUT2D eigenvalue weighted by Crippen LogP contribution is -2.30. The summed E-state index contributed by atoms with van der Waals surface area (Å²) in [5.41, 5.74) is 11.3. The van der Waals surface area contributed by atoms with Crippen molar-refractivity contribution in [2.24, 2.45) is 11.5 Å². The molecule has 0 unspecified atom stereocenters. The van der Waals surface area contributed by atoms with Crippen LogP contribution in [0, 0.1) is 0 Å². The fourth-order valence-electron chi connectivity index (χ4n) is 2.93. The molecule has 0 aromatic heterocycles. The van der Waals surface area contributed by atoms with Crippen molar-refractivity contribution < 1.29 is 14.2 Å². The van der Waals surface area contributed by atoms with E-state index in [0.717, 1.165) is 91.3 Å². The lowest BCUT2D eigenvalue weighted by atomic mass is 10.3. The van der Waals surface area contributed by atoms with Crippen molar-refractivity contribution in [3.63, 3.8) is 0 Å². The van der Waals surface area contributed by atoms with E-state index in [9.17, 15) is 0 Å². The second-order valence-corrected chi connectivity index (χ2v) is 7.48. The minimum Gasteiger partial charge on any atom is -0.378 e. The average molecular weight is 443 g/mol. The van der Waals surface area contributed by atoms with Crippen molar-refractivity contribution in [2.45, 2.75) is 39.5 Å². The molecule has 7 nitrogen and oxygen atoms in total. The molecule has 4 N–H and O–H groups in total. The number of rotatable bonds is 24. The van der Waals surface area contributed by atoms with Gasteiger partial charge in [-0.2, -0.15) is 0 Å². The van der Waals surface area contributed by atoms with Crippen molar-refractivity contribution >= 4 is 0 Å². The third-order valence-electron chi connectivity index (χ3n) is 4.74. The Morgan fingerprint density at radius 1 is 0.548 bits per heavy atom. The molecular formula is C24H50N4O3. The van der Waals surface area contributed by atoms with Crippen LogP contribution < -0.4 is 11.5 Å². The van der Waals surface area contributed by atoms with E-state index in [1.807, 2.05) is 0 Å². The maximum Gasteiger partial charge on any atom is 0.0701 e. The fraction of sp³-hybridized carbons (Fsp3) is 0.833. The lowest BCUT2D eigenvalue weighted by molar-refractivity contribution is 0.00790. The van der Waals surface area contributed by atoms with Gasteiger partial charge in [0, 0.05) is 26.2 Å². The Bertz CT molecular complexity index is 372. The Labute approximate surface area is 191 Å². The predicted octanol–water partition coefficient (Wildman–Crippen LogP) is 2.27. The van der Waals surface area contributed by atoms with Gasteiger partial charge >= 0.3 is 0 Å². The Morgan fingerprint density at radius 2 is 0.935 bits per heavy atom. The zero-order valence-corrected chi connectivity index (χ0v) is 20.3. The van der Waals surface area contributed by atoms with Crippen molar-refractivity contribution in [3.8, 4) is 0 Å².